The molecule has 0 atom stereocenters. The summed E-state index contributed by atoms with van der Waals surface area (Å²) in [6, 6.07) is 15.5. The maximum Gasteiger partial charge on any atom is 0.251 e. The Bertz CT molecular complexity index is 1420. The van der Waals surface area contributed by atoms with Crippen molar-refractivity contribution < 1.29 is 9.59 Å². The van der Waals surface area contributed by atoms with Crippen LogP contribution in [0.3, 0.4) is 0 Å². The van der Waals surface area contributed by atoms with E-state index in [2.05, 4.69) is 25.6 Å². The molecule has 0 unspecified atom stereocenters. The van der Waals surface area contributed by atoms with Gasteiger partial charge in [0.05, 0.1) is 23.2 Å². The standard InChI is InChI=1S/C26H24N6O2/c1-27-26(34)20-9-11-29-25-16(4-3-5-19(20)25)8-10-28-23-14-21(30-15-31-23)17-6-7-22-18(12-17)13-24(33)32(22)2/h3-7,9,11-12,14-15H,8,10,13H2,1-2H3,(H,27,34)(H,28,30,31). The largest absolute Gasteiger partial charge is 0.370 e. The number of anilines is 2. The number of para-hydroxylation sites is 1. The van der Waals surface area contributed by atoms with E-state index in [1.807, 2.05) is 42.5 Å². The van der Waals surface area contributed by atoms with Gasteiger partial charge in [0.2, 0.25) is 5.91 Å². The minimum atomic E-state index is -0.126. The molecule has 0 fully saturated rings. The number of amides is 2. The highest BCUT2D eigenvalue weighted by Gasteiger charge is 2.24. The Morgan fingerprint density at radius 1 is 1.09 bits per heavy atom. The molecule has 8 heteroatoms. The zero-order chi connectivity index (χ0) is 23.7. The van der Waals surface area contributed by atoms with Crippen molar-refractivity contribution in [1.29, 1.82) is 0 Å². The van der Waals surface area contributed by atoms with Gasteiger partial charge >= 0.3 is 0 Å². The number of hydrogen-bond donors (Lipinski definition) is 2. The molecule has 0 aliphatic carbocycles. The third kappa shape index (κ3) is 3.94. The molecule has 1 aliphatic rings. The van der Waals surface area contributed by atoms with Gasteiger partial charge < -0.3 is 15.5 Å². The number of rotatable bonds is 6. The lowest BCUT2D eigenvalue weighted by Gasteiger charge is -2.11. The molecule has 0 saturated heterocycles. The summed E-state index contributed by atoms with van der Waals surface area (Å²) in [5.41, 5.74) is 6.20. The summed E-state index contributed by atoms with van der Waals surface area (Å²) < 4.78 is 0. The summed E-state index contributed by atoms with van der Waals surface area (Å²) in [4.78, 5) is 39.1. The first-order chi connectivity index (χ1) is 16.5. The van der Waals surface area contributed by atoms with E-state index in [0.29, 0.717) is 24.9 Å². The topological polar surface area (TPSA) is 100 Å². The Hall–Kier alpha value is -4.33. The summed E-state index contributed by atoms with van der Waals surface area (Å²) in [5, 5.41) is 6.88. The Morgan fingerprint density at radius 2 is 1.97 bits per heavy atom. The van der Waals surface area contributed by atoms with E-state index < -0.39 is 0 Å². The molecule has 2 aromatic heterocycles. The molecule has 0 saturated carbocycles. The van der Waals surface area contributed by atoms with E-state index in [1.165, 1.54) is 6.33 Å². The molecule has 1 aliphatic heterocycles. The van der Waals surface area contributed by atoms with Crippen LogP contribution in [-0.4, -0.2) is 47.4 Å². The van der Waals surface area contributed by atoms with Crippen molar-refractivity contribution in [2.45, 2.75) is 12.8 Å². The highest BCUT2D eigenvalue weighted by atomic mass is 16.2. The molecule has 0 spiro atoms. The van der Waals surface area contributed by atoms with Crippen molar-refractivity contribution >= 4 is 34.2 Å². The normalized spacial score (nSPS) is 12.6. The van der Waals surface area contributed by atoms with Gasteiger partial charge in [0, 0.05) is 49.5 Å². The average Bonchev–Trinajstić information content (AvgIpc) is 3.16. The maximum absolute atomic E-state index is 12.2. The number of aromatic nitrogens is 3. The molecule has 4 aromatic rings. The number of carbonyl (C=O) groups is 2. The monoisotopic (exact) mass is 452 g/mol. The van der Waals surface area contributed by atoms with Crippen LogP contribution >= 0.6 is 0 Å². The predicted molar refractivity (Wildman–Crippen MR) is 132 cm³/mol. The molecule has 2 N–H and O–H groups in total. The second kappa shape index (κ2) is 8.90. The van der Waals surface area contributed by atoms with Gasteiger partial charge in [0.25, 0.3) is 5.91 Å². The minimum Gasteiger partial charge on any atom is -0.370 e. The zero-order valence-corrected chi connectivity index (χ0v) is 19.0. The second-order valence-corrected chi connectivity index (χ2v) is 8.19. The minimum absolute atomic E-state index is 0.0996. The summed E-state index contributed by atoms with van der Waals surface area (Å²) in [6.07, 6.45) is 4.34. The van der Waals surface area contributed by atoms with Crippen LogP contribution in [0.15, 0.2) is 61.1 Å². The molecule has 2 aromatic carbocycles. The van der Waals surface area contributed by atoms with Crippen molar-refractivity contribution in [2.75, 3.05) is 30.9 Å². The van der Waals surface area contributed by atoms with Gasteiger partial charge in [0.1, 0.15) is 12.1 Å². The number of fused-ring (bicyclic) bond motifs is 2. The summed E-state index contributed by atoms with van der Waals surface area (Å²) >= 11 is 0. The first kappa shape index (κ1) is 21.5. The fourth-order valence-corrected chi connectivity index (χ4v) is 4.34. The summed E-state index contributed by atoms with van der Waals surface area (Å²) in [6.45, 7) is 0.644. The third-order valence-electron chi connectivity index (χ3n) is 6.15. The van der Waals surface area contributed by atoms with Crippen molar-refractivity contribution in [3.8, 4) is 11.3 Å². The zero-order valence-electron chi connectivity index (χ0n) is 19.0. The van der Waals surface area contributed by atoms with Gasteiger partial charge in [-0.2, -0.15) is 0 Å². The van der Waals surface area contributed by atoms with E-state index >= 15 is 0 Å². The van der Waals surface area contributed by atoms with Crippen molar-refractivity contribution in [3.63, 3.8) is 0 Å². The Kier molecular flexibility index (Phi) is 5.63. The van der Waals surface area contributed by atoms with Crippen molar-refractivity contribution in [3.05, 3.63) is 77.7 Å². The second-order valence-electron chi connectivity index (χ2n) is 8.19. The van der Waals surface area contributed by atoms with Gasteiger partial charge in [-0.25, -0.2) is 9.97 Å². The number of nitrogens with zero attached hydrogens (tertiary/aromatic N) is 4. The van der Waals surface area contributed by atoms with E-state index in [-0.39, 0.29) is 11.8 Å². The fourth-order valence-electron chi connectivity index (χ4n) is 4.34. The van der Waals surface area contributed by atoms with Crippen LogP contribution in [-0.2, 0) is 17.6 Å². The number of benzene rings is 2. The molecule has 0 radical (unpaired) electrons. The third-order valence-corrected chi connectivity index (χ3v) is 6.15. The van der Waals surface area contributed by atoms with E-state index in [0.717, 1.165) is 44.8 Å². The number of nitrogens with one attached hydrogen (secondary N) is 2. The molecule has 0 bridgehead atoms. The predicted octanol–water partition coefficient (Wildman–Crippen LogP) is 3.22. The van der Waals surface area contributed by atoms with E-state index in [9.17, 15) is 9.59 Å². The molecule has 34 heavy (non-hydrogen) atoms. The average molecular weight is 453 g/mol. The fraction of sp³-hybridized carbons (Fsp3) is 0.192. The summed E-state index contributed by atoms with van der Waals surface area (Å²) in [5.74, 6) is 0.694. The van der Waals surface area contributed by atoms with Crippen LogP contribution in [0.4, 0.5) is 11.5 Å². The number of likely N-dealkylation sites (N-methyl/N-ethyl adjacent to an activating group) is 1. The molecule has 2 amide bonds. The van der Waals surface area contributed by atoms with Crippen LogP contribution in [0.25, 0.3) is 22.2 Å². The van der Waals surface area contributed by atoms with Gasteiger partial charge in [-0.05, 0) is 35.7 Å². The van der Waals surface area contributed by atoms with Crippen LogP contribution in [0.2, 0.25) is 0 Å². The lowest BCUT2D eigenvalue weighted by molar-refractivity contribution is -0.117. The Balaban J connectivity index is 1.32. The van der Waals surface area contributed by atoms with Crippen LogP contribution < -0.4 is 15.5 Å². The smallest absolute Gasteiger partial charge is 0.251 e. The first-order valence-electron chi connectivity index (χ1n) is 11.1. The molecular formula is C26H24N6O2. The van der Waals surface area contributed by atoms with Gasteiger partial charge in [-0.3, -0.25) is 14.6 Å². The van der Waals surface area contributed by atoms with Crippen molar-refractivity contribution in [2.24, 2.45) is 0 Å². The van der Waals surface area contributed by atoms with Gasteiger partial charge in [-0.1, -0.05) is 24.3 Å². The molecule has 170 valence electrons. The Labute approximate surface area is 197 Å². The SMILES string of the molecule is CNC(=O)c1ccnc2c(CCNc3cc(-c4ccc5c(c4)CC(=O)N5C)ncn3)cccc12. The maximum atomic E-state index is 12.2. The molecular weight excluding hydrogens is 428 g/mol. The quantitative estimate of drug-likeness (QED) is 0.466. The highest BCUT2D eigenvalue weighted by molar-refractivity contribution is 6.06. The van der Waals surface area contributed by atoms with Crippen LogP contribution in [0.5, 0.6) is 0 Å². The lowest BCUT2D eigenvalue weighted by Crippen LogP contribution is -2.20. The van der Waals surface area contributed by atoms with Crippen molar-refractivity contribution in [1.82, 2.24) is 20.3 Å². The number of pyridine rings is 1. The summed E-state index contributed by atoms with van der Waals surface area (Å²) in [7, 11) is 3.42. The number of carbonyl (C=O) groups excluding carboxylic acids is 2. The van der Waals surface area contributed by atoms with Gasteiger partial charge in [0.15, 0.2) is 0 Å². The lowest BCUT2D eigenvalue weighted by atomic mass is 10.0. The van der Waals surface area contributed by atoms with Gasteiger partial charge in [-0.15, -0.1) is 0 Å². The molecule has 8 nitrogen and oxygen atoms in total. The highest BCUT2D eigenvalue weighted by Crippen LogP contribution is 2.31. The van der Waals surface area contributed by atoms with Crippen LogP contribution in [0.1, 0.15) is 21.5 Å². The van der Waals surface area contributed by atoms with E-state index in [4.69, 9.17) is 0 Å². The molecule has 5 rings (SSSR count). The Morgan fingerprint density at radius 3 is 2.82 bits per heavy atom. The van der Waals surface area contributed by atoms with E-state index in [1.54, 1.807) is 31.3 Å². The number of hydrogen-bond acceptors (Lipinski definition) is 6. The molecule has 3 heterocycles. The van der Waals surface area contributed by atoms with Crippen LogP contribution in [0, 0.1) is 0 Å². The first-order valence-corrected chi connectivity index (χ1v) is 11.1.